The average molecular weight is 535 g/mol. The van der Waals surface area contributed by atoms with Crippen LogP contribution < -0.4 is 0 Å². The normalized spacial score (nSPS) is 14.2. The van der Waals surface area contributed by atoms with Crippen molar-refractivity contribution in [3.05, 3.63) is 12.7 Å². The third kappa shape index (κ3) is 24.1. The highest BCUT2D eigenvalue weighted by atomic mass is 31.2. The fourth-order valence-electron chi connectivity index (χ4n) is 4.65. The Kier molecular flexibility index (Phi) is 22.6. The van der Waals surface area contributed by atoms with Crippen LogP contribution in [0.1, 0.15) is 122 Å². The quantitative estimate of drug-likeness (QED) is 0.0483. The van der Waals surface area contributed by atoms with Gasteiger partial charge in [-0.05, 0) is 18.8 Å². The number of unbranched alkanes of at least 4 members (excludes halogenated alkanes) is 15. The summed E-state index contributed by atoms with van der Waals surface area (Å²) in [6.45, 7) is 7.60. The van der Waals surface area contributed by atoms with Crippen molar-refractivity contribution in [1.29, 1.82) is 0 Å². The van der Waals surface area contributed by atoms with Gasteiger partial charge in [-0.1, -0.05) is 109 Å². The highest BCUT2D eigenvalue weighted by Crippen LogP contribution is 2.37. The van der Waals surface area contributed by atoms with Crippen molar-refractivity contribution in [1.82, 2.24) is 0 Å². The molecule has 0 amide bonds. The SMILES string of the molecule is C=CCC(COCCCCCCCCCCCCCCCCCC)CC(COP(=O)(O)O)[N+](C)(C)C. The second-order valence-electron chi connectivity index (χ2n) is 11.6. The topological polar surface area (TPSA) is 76.0 Å². The zero-order chi connectivity index (χ0) is 27.1. The van der Waals surface area contributed by atoms with E-state index < -0.39 is 7.82 Å². The number of allylic oxidation sites excluding steroid dienone is 1. The molecule has 0 saturated heterocycles. The molecular weight excluding hydrogens is 473 g/mol. The first kappa shape index (κ1) is 35.8. The zero-order valence-electron chi connectivity index (χ0n) is 24.3. The summed E-state index contributed by atoms with van der Waals surface area (Å²) in [5.41, 5.74) is 0. The lowest BCUT2D eigenvalue weighted by atomic mass is 9.96. The molecule has 36 heavy (non-hydrogen) atoms. The molecule has 7 heteroatoms. The van der Waals surface area contributed by atoms with Gasteiger partial charge in [-0.3, -0.25) is 4.52 Å². The number of likely N-dealkylation sites (N-methyl/N-ethyl adjacent to an activating group) is 1. The highest BCUT2D eigenvalue weighted by molar-refractivity contribution is 7.46. The van der Waals surface area contributed by atoms with E-state index in [1.165, 1.54) is 96.3 Å². The summed E-state index contributed by atoms with van der Waals surface area (Å²) in [7, 11) is 1.61. The van der Waals surface area contributed by atoms with Gasteiger partial charge in [-0.25, -0.2) is 4.57 Å². The minimum Gasteiger partial charge on any atom is -0.381 e. The standard InChI is InChI=1S/C29H60NO5P/c1-6-8-9-10-11-12-13-14-15-16-17-18-19-20-21-22-24-34-26-28(23-7-2)25-29(30(3,4)5)27-35-36(31,32)33/h7,28-29H,2,6,8-27H2,1,3-5H3,(H-,31,32,33)/p+1. The smallest absolute Gasteiger partial charge is 0.381 e. The van der Waals surface area contributed by atoms with E-state index in [9.17, 15) is 4.57 Å². The van der Waals surface area contributed by atoms with Crippen LogP contribution in [-0.2, 0) is 13.8 Å². The largest absolute Gasteiger partial charge is 0.469 e. The Morgan fingerprint density at radius 1 is 0.778 bits per heavy atom. The summed E-state index contributed by atoms with van der Waals surface area (Å²) >= 11 is 0. The van der Waals surface area contributed by atoms with E-state index in [0.29, 0.717) is 11.1 Å². The molecule has 0 aromatic rings. The lowest BCUT2D eigenvalue weighted by Crippen LogP contribution is -2.48. The molecule has 6 nitrogen and oxygen atoms in total. The van der Waals surface area contributed by atoms with Gasteiger partial charge in [0, 0.05) is 19.6 Å². The maximum atomic E-state index is 11.2. The van der Waals surface area contributed by atoms with Crippen LogP contribution in [0.15, 0.2) is 12.7 Å². The number of quaternary nitrogens is 1. The number of phosphoric ester groups is 1. The van der Waals surface area contributed by atoms with Gasteiger partial charge in [-0.15, -0.1) is 6.58 Å². The fraction of sp³-hybridized carbons (Fsp3) is 0.931. The summed E-state index contributed by atoms with van der Waals surface area (Å²) in [5, 5.41) is 0. The van der Waals surface area contributed by atoms with Gasteiger partial charge in [-0.2, -0.15) is 0 Å². The van der Waals surface area contributed by atoms with Crippen LogP contribution in [0.4, 0.5) is 0 Å². The number of nitrogens with zero attached hydrogens (tertiary/aromatic N) is 1. The van der Waals surface area contributed by atoms with Crippen LogP contribution in [0.2, 0.25) is 0 Å². The molecule has 0 aliphatic heterocycles. The summed E-state index contributed by atoms with van der Waals surface area (Å²) in [6.07, 6.45) is 25.3. The van der Waals surface area contributed by atoms with E-state index in [2.05, 4.69) is 13.5 Å². The number of hydrogen-bond donors (Lipinski definition) is 2. The minimum atomic E-state index is -4.47. The monoisotopic (exact) mass is 534 g/mol. The second kappa shape index (κ2) is 22.7. The van der Waals surface area contributed by atoms with Crippen molar-refractivity contribution < 1.29 is 28.1 Å². The molecule has 0 fully saturated rings. The lowest BCUT2D eigenvalue weighted by molar-refractivity contribution is -0.897. The number of rotatable bonds is 27. The lowest BCUT2D eigenvalue weighted by Gasteiger charge is -2.36. The van der Waals surface area contributed by atoms with Gasteiger partial charge >= 0.3 is 7.82 Å². The van der Waals surface area contributed by atoms with E-state index in [4.69, 9.17) is 19.0 Å². The van der Waals surface area contributed by atoms with Crippen LogP contribution in [0.5, 0.6) is 0 Å². The molecule has 0 spiro atoms. The number of ether oxygens (including phenoxy) is 1. The van der Waals surface area contributed by atoms with E-state index >= 15 is 0 Å². The summed E-state index contributed by atoms with van der Waals surface area (Å²) in [6, 6.07) is -0.0262. The molecule has 2 unspecified atom stereocenters. The predicted octanol–water partition coefficient (Wildman–Crippen LogP) is 8.03. The first-order valence-corrected chi connectivity index (χ1v) is 16.3. The molecule has 0 aliphatic rings. The Balaban J connectivity index is 3.78. The molecule has 0 radical (unpaired) electrons. The summed E-state index contributed by atoms with van der Waals surface area (Å²) < 4.78 is 22.5. The van der Waals surface area contributed by atoms with E-state index in [1.807, 2.05) is 27.2 Å². The Labute approximate surface area is 224 Å². The van der Waals surface area contributed by atoms with Gasteiger partial charge in [0.05, 0.1) is 21.1 Å². The molecule has 2 N–H and O–H groups in total. The Morgan fingerprint density at radius 2 is 1.22 bits per heavy atom. The predicted molar refractivity (Wildman–Crippen MR) is 153 cm³/mol. The molecule has 0 bridgehead atoms. The third-order valence-corrected chi connectivity index (χ3v) is 7.62. The average Bonchev–Trinajstić information content (AvgIpc) is 2.79. The molecule has 0 aliphatic carbocycles. The maximum absolute atomic E-state index is 11.2. The molecule has 0 aromatic heterocycles. The molecule has 0 heterocycles. The molecule has 0 saturated carbocycles. The summed E-state index contributed by atoms with van der Waals surface area (Å²) in [4.78, 5) is 18.2. The third-order valence-electron chi connectivity index (χ3n) is 7.13. The van der Waals surface area contributed by atoms with E-state index in [-0.39, 0.29) is 18.6 Å². The fourth-order valence-corrected chi connectivity index (χ4v) is 5.01. The van der Waals surface area contributed by atoms with Crippen molar-refractivity contribution in [2.24, 2.45) is 5.92 Å². The van der Waals surface area contributed by atoms with Gasteiger partial charge in [0.15, 0.2) is 0 Å². The van der Waals surface area contributed by atoms with Crippen LogP contribution in [0, 0.1) is 5.92 Å². The van der Waals surface area contributed by atoms with Gasteiger partial charge in [0.1, 0.15) is 12.6 Å². The van der Waals surface area contributed by atoms with Crippen molar-refractivity contribution in [3.8, 4) is 0 Å². The van der Waals surface area contributed by atoms with E-state index in [0.717, 1.165) is 25.9 Å². The Bertz CT molecular complexity index is 546. The molecule has 2 atom stereocenters. The molecule has 216 valence electrons. The van der Waals surface area contributed by atoms with Crippen molar-refractivity contribution >= 4 is 7.82 Å². The Morgan fingerprint density at radius 3 is 1.61 bits per heavy atom. The molecule has 0 rings (SSSR count). The maximum Gasteiger partial charge on any atom is 0.469 e. The molecular formula is C29H61NO5P+. The summed E-state index contributed by atoms with van der Waals surface area (Å²) in [5.74, 6) is 0.270. The van der Waals surface area contributed by atoms with Crippen molar-refractivity contribution in [2.45, 2.75) is 129 Å². The minimum absolute atomic E-state index is 0.0262. The van der Waals surface area contributed by atoms with Crippen LogP contribution in [-0.4, -0.2) is 61.3 Å². The van der Waals surface area contributed by atoms with E-state index in [1.54, 1.807) is 0 Å². The Hall–Kier alpha value is -0.230. The zero-order valence-corrected chi connectivity index (χ0v) is 25.2. The van der Waals surface area contributed by atoms with Crippen molar-refractivity contribution in [2.75, 3.05) is 41.0 Å². The van der Waals surface area contributed by atoms with Gasteiger partial charge in [0.2, 0.25) is 0 Å². The van der Waals surface area contributed by atoms with Crippen molar-refractivity contribution in [3.63, 3.8) is 0 Å². The second-order valence-corrected chi connectivity index (χ2v) is 12.8. The number of phosphoric acid groups is 1. The highest BCUT2D eigenvalue weighted by Gasteiger charge is 2.30. The van der Waals surface area contributed by atoms with Gasteiger partial charge in [0.25, 0.3) is 0 Å². The van der Waals surface area contributed by atoms with Crippen LogP contribution in [0.3, 0.4) is 0 Å². The number of hydrogen-bond acceptors (Lipinski definition) is 3. The first-order valence-electron chi connectivity index (χ1n) is 14.8. The first-order chi connectivity index (χ1) is 17.1. The molecule has 0 aromatic carbocycles. The van der Waals surface area contributed by atoms with Crippen LogP contribution in [0.25, 0.3) is 0 Å². The van der Waals surface area contributed by atoms with Crippen LogP contribution >= 0.6 is 7.82 Å². The van der Waals surface area contributed by atoms with Gasteiger partial charge < -0.3 is 19.0 Å².